The standard InChI is InChI=1S/C8H13FO7S.Na/c1-2-13-7(10)5-6(17-16-15-12)8(11)14-4-3-9;/h6,12H,2-5H2,1H3;/q;+1/p-1. The zero-order valence-electron chi connectivity index (χ0n) is 10.0. The minimum absolute atomic E-state index is 0. The van der Waals surface area contributed by atoms with Crippen molar-refractivity contribution in [2.45, 2.75) is 18.6 Å². The molecule has 18 heavy (non-hydrogen) atoms. The molecule has 0 rings (SSSR count). The number of rotatable bonds is 9. The molecule has 0 saturated carbocycles. The molecule has 1 unspecified atom stereocenters. The number of halogens is 1. The Bertz CT molecular complexity index is 243. The second kappa shape index (κ2) is 13.5. The third kappa shape index (κ3) is 10.1. The van der Waals surface area contributed by atoms with Crippen molar-refractivity contribution in [3.05, 3.63) is 0 Å². The van der Waals surface area contributed by atoms with E-state index in [1.807, 2.05) is 0 Å². The summed E-state index contributed by atoms with van der Waals surface area (Å²) in [6.07, 6.45) is -0.368. The first-order valence-electron chi connectivity index (χ1n) is 4.65. The van der Waals surface area contributed by atoms with Gasteiger partial charge in [0, 0.05) is 12.0 Å². The molecule has 0 aliphatic rings. The number of ether oxygens (including phenoxy) is 2. The molecule has 0 aromatic heterocycles. The minimum atomic E-state index is -1.14. The fourth-order valence-corrected chi connectivity index (χ4v) is 1.30. The molecule has 0 radical (unpaired) electrons. The van der Waals surface area contributed by atoms with Crippen LogP contribution in [-0.4, -0.2) is 37.1 Å². The Kier molecular flexibility index (Phi) is 15.3. The van der Waals surface area contributed by atoms with Crippen molar-refractivity contribution in [3.8, 4) is 0 Å². The van der Waals surface area contributed by atoms with Crippen molar-refractivity contribution in [2.24, 2.45) is 0 Å². The van der Waals surface area contributed by atoms with Crippen LogP contribution in [0.4, 0.5) is 4.39 Å². The maximum absolute atomic E-state index is 11.8. The molecule has 0 aromatic carbocycles. The van der Waals surface area contributed by atoms with E-state index in [9.17, 15) is 19.2 Å². The van der Waals surface area contributed by atoms with E-state index in [4.69, 9.17) is 0 Å². The largest absolute Gasteiger partial charge is 1.00 e. The van der Waals surface area contributed by atoms with Gasteiger partial charge in [0.15, 0.2) is 0 Å². The van der Waals surface area contributed by atoms with Crippen molar-refractivity contribution in [2.75, 3.05) is 19.9 Å². The Morgan fingerprint density at radius 1 is 1.39 bits per heavy atom. The van der Waals surface area contributed by atoms with Crippen LogP contribution in [0.3, 0.4) is 0 Å². The van der Waals surface area contributed by atoms with Crippen LogP contribution >= 0.6 is 12.0 Å². The quantitative estimate of drug-likeness (QED) is 0.143. The Labute approximate surface area is 130 Å². The van der Waals surface area contributed by atoms with Gasteiger partial charge in [-0.15, -0.1) is 0 Å². The van der Waals surface area contributed by atoms with E-state index in [0.717, 1.165) is 0 Å². The zero-order valence-corrected chi connectivity index (χ0v) is 12.9. The molecule has 0 spiro atoms. The third-order valence-corrected chi connectivity index (χ3v) is 2.15. The molecule has 0 N–H and O–H groups in total. The summed E-state index contributed by atoms with van der Waals surface area (Å²) in [5.74, 6) is -1.56. The Morgan fingerprint density at radius 2 is 2.06 bits per heavy atom. The molecule has 0 amide bonds. The second-order valence-corrected chi connectivity index (χ2v) is 3.48. The van der Waals surface area contributed by atoms with E-state index in [-0.39, 0.29) is 42.6 Å². The first-order chi connectivity index (χ1) is 8.15. The van der Waals surface area contributed by atoms with Gasteiger partial charge in [0.25, 0.3) is 0 Å². The summed E-state index contributed by atoms with van der Waals surface area (Å²) < 4.78 is 24.8. The van der Waals surface area contributed by atoms with Crippen LogP contribution in [0.1, 0.15) is 13.3 Å². The maximum Gasteiger partial charge on any atom is 1.00 e. The van der Waals surface area contributed by atoms with E-state index in [0.29, 0.717) is 12.0 Å². The van der Waals surface area contributed by atoms with Crippen LogP contribution < -0.4 is 34.8 Å². The SMILES string of the molecule is CCOC(=O)CC(SOO[O-])C(=O)OCCF.[Na+]. The van der Waals surface area contributed by atoms with Crippen LogP contribution in [0.2, 0.25) is 0 Å². The van der Waals surface area contributed by atoms with Crippen molar-refractivity contribution in [1.29, 1.82) is 0 Å². The van der Waals surface area contributed by atoms with Gasteiger partial charge in [-0.2, -0.15) is 4.33 Å². The van der Waals surface area contributed by atoms with E-state index >= 15 is 0 Å². The molecule has 0 heterocycles. The molecule has 0 aromatic rings. The fraction of sp³-hybridized carbons (Fsp3) is 0.750. The third-order valence-electron chi connectivity index (χ3n) is 1.42. The van der Waals surface area contributed by atoms with Crippen molar-refractivity contribution in [1.82, 2.24) is 0 Å². The summed E-state index contributed by atoms with van der Waals surface area (Å²) in [5.41, 5.74) is 0. The van der Waals surface area contributed by atoms with Crippen molar-refractivity contribution >= 4 is 24.0 Å². The van der Waals surface area contributed by atoms with Gasteiger partial charge in [0.1, 0.15) is 18.5 Å². The fourth-order valence-electron chi connectivity index (χ4n) is 0.823. The molecule has 7 nitrogen and oxygen atoms in total. The average Bonchev–Trinajstić information content (AvgIpc) is 2.31. The Balaban J connectivity index is 0. The summed E-state index contributed by atoms with van der Waals surface area (Å²) >= 11 is 0.302. The van der Waals surface area contributed by atoms with Crippen LogP contribution in [0, 0.1) is 0 Å². The number of carbonyl (C=O) groups is 2. The van der Waals surface area contributed by atoms with Gasteiger partial charge >= 0.3 is 41.5 Å². The number of alkyl halides is 1. The van der Waals surface area contributed by atoms with Gasteiger partial charge in [0.05, 0.1) is 13.0 Å². The summed E-state index contributed by atoms with van der Waals surface area (Å²) in [7, 11) is 0. The molecular formula is C8H12FNaO7S. The predicted molar refractivity (Wildman–Crippen MR) is 51.7 cm³/mol. The normalized spacial score (nSPS) is 11.3. The Hall–Kier alpha value is 0.1000. The maximum atomic E-state index is 11.8. The van der Waals surface area contributed by atoms with E-state index in [2.05, 4.69) is 18.8 Å². The van der Waals surface area contributed by atoms with Crippen LogP contribution in [0.25, 0.3) is 0 Å². The van der Waals surface area contributed by atoms with E-state index < -0.39 is 30.5 Å². The monoisotopic (exact) mass is 294 g/mol. The molecule has 0 aliphatic carbocycles. The van der Waals surface area contributed by atoms with E-state index in [1.54, 1.807) is 6.92 Å². The van der Waals surface area contributed by atoms with Crippen molar-refractivity contribution in [3.63, 3.8) is 0 Å². The zero-order chi connectivity index (χ0) is 13.1. The molecule has 0 bridgehead atoms. The van der Waals surface area contributed by atoms with Crippen LogP contribution in [0.5, 0.6) is 0 Å². The summed E-state index contributed by atoms with van der Waals surface area (Å²) in [6, 6.07) is 0. The number of carbonyl (C=O) groups excluding carboxylic acids is 2. The van der Waals surface area contributed by atoms with Crippen molar-refractivity contribution < 1.29 is 67.6 Å². The van der Waals surface area contributed by atoms with E-state index in [1.165, 1.54) is 0 Å². The molecular weight excluding hydrogens is 282 g/mol. The number of hydrogen-bond donors (Lipinski definition) is 0. The Morgan fingerprint density at radius 3 is 2.56 bits per heavy atom. The van der Waals surface area contributed by atoms with Gasteiger partial charge in [-0.05, 0) is 6.92 Å². The topological polar surface area (TPSA) is 94.1 Å². The van der Waals surface area contributed by atoms with Crippen LogP contribution in [-0.2, 0) is 28.4 Å². The first-order valence-corrected chi connectivity index (χ1v) is 5.46. The smallest absolute Gasteiger partial charge is 0.691 e. The number of hydrogen-bond acceptors (Lipinski definition) is 8. The molecule has 0 saturated heterocycles. The summed E-state index contributed by atoms with van der Waals surface area (Å²) in [4.78, 5) is 22.4. The summed E-state index contributed by atoms with van der Waals surface area (Å²) in [6.45, 7) is 0.464. The summed E-state index contributed by atoms with van der Waals surface area (Å²) in [5, 5.41) is 11.5. The van der Waals surface area contributed by atoms with Gasteiger partial charge in [-0.25, -0.2) is 4.39 Å². The average molecular weight is 294 g/mol. The molecule has 100 valence electrons. The molecule has 0 aliphatic heterocycles. The second-order valence-electron chi connectivity index (χ2n) is 2.59. The molecule has 0 fully saturated rings. The minimum Gasteiger partial charge on any atom is -0.691 e. The predicted octanol–water partition coefficient (Wildman–Crippen LogP) is -3.30. The van der Waals surface area contributed by atoms with Gasteiger partial charge in [0.2, 0.25) is 0 Å². The van der Waals surface area contributed by atoms with Gasteiger partial charge < -0.3 is 14.7 Å². The first kappa shape index (κ1) is 20.4. The van der Waals surface area contributed by atoms with Gasteiger partial charge in [-0.1, -0.05) is 0 Å². The molecule has 1 atom stereocenters. The van der Waals surface area contributed by atoms with Crippen LogP contribution in [0.15, 0.2) is 0 Å². The van der Waals surface area contributed by atoms with Gasteiger partial charge in [-0.3, -0.25) is 14.6 Å². The number of esters is 2. The molecule has 10 heteroatoms.